The van der Waals surface area contributed by atoms with Gasteiger partial charge in [0.25, 0.3) is 0 Å². The molecule has 0 bridgehead atoms. The van der Waals surface area contributed by atoms with E-state index < -0.39 is 0 Å². The first-order valence-electron chi connectivity index (χ1n) is 4.63. The van der Waals surface area contributed by atoms with Gasteiger partial charge in [-0.1, -0.05) is 0 Å². The Labute approximate surface area is 80.0 Å². The van der Waals surface area contributed by atoms with Crippen LogP contribution in [-0.2, 0) is 9.63 Å². The molecule has 78 valence electrons. The Hall–Kier alpha value is -0.610. The maximum absolute atomic E-state index is 11.0. The van der Waals surface area contributed by atoms with E-state index in [2.05, 4.69) is 10.8 Å². The molecule has 0 fully saturated rings. The zero-order valence-electron chi connectivity index (χ0n) is 8.94. The number of hydrogen-bond acceptors (Lipinski definition) is 3. The van der Waals surface area contributed by atoms with Crippen LogP contribution >= 0.6 is 0 Å². The van der Waals surface area contributed by atoms with Crippen molar-refractivity contribution < 1.29 is 9.63 Å². The van der Waals surface area contributed by atoms with E-state index in [1.807, 2.05) is 27.7 Å². The Bertz CT molecular complexity index is 152. The van der Waals surface area contributed by atoms with Crippen LogP contribution in [0.1, 0.15) is 34.1 Å². The normalized spacial score (nSPS) is 11.4. The lowest BCUT2D eigenvalue weighted by Gasteiger charge is -2.19. The predicted octanol–water partition coefficient (Wildman–Crippen LogP) is 0.832. The summed E-state index contributed by atoms with van der Waals surface area (Å²) in [6, 6.07) is 0. The minimum atomic E-state index is -0.207. The summed E-state index contributed by atoms with van der Waals surface area (Å²) in [5.41, 5.74) is 2.55. The van der Waals surface area contributed by atoms with Crippen molar-refractivity contribution in [1.82, 2.24) is 10.8 Å². The first-order chi connectivity index (χ1) is 5.95. The molecule has 0 radical (unpaired) electrons. The molecule has 0 aliphatic heterocycles. The average molecular weight is 188 g/mol. The van der Waals surface area contributed by atoms with Gasteiger partial charge in [-0.25, -0.2) is 5.48 Å². The molecule has 0 spiro atoms. The van der Waals surface area contributed by atoms with Crippen molar-refractivity contribution in [2.45, 2.75) is 39.7 Å². The van der Waals surface area contributed by atoms with Crippen LogP contribution in [0.4, 0.5) is 0 Å². The number of hydrogen-bond donors (Lipinski definition) is 2. The fraction of sp³-hybridized carbons (Fsp3) is 0.889. The van der Waals surface area contributed by atoms with Gasteiger partial charge in [0.1, 0.15) is 0 Å². The molecule has 0 saturated heterocycles. The smallest absolute Gasteiger partial charge is 0.221 e. The van der Waals surface area contributed by atoms with Gasteiger partial charge in [-0.05, 0) is 27.7 Å². The topological polar surface area (TPSA) is 50.4 Å². The summed E-state index contributed by atoms with van der Waals surface area (Å²) in [7, 11) is 0. The Balaban J connectivity index is 3.31. The van der Waals surface area contributed by atoms with Crippen molar-refractivity contribution in [1.29, 1.82) is 0 Å². The van der Waals surface area contributed by atoms with Crippen LogP contribution in [-0.4, -0.2) is 24.6 Å². The second-order valence-corrected chi connectivity index (χ2v) is 3.81. The van der Waals surface area contributed by atoms with Crippen LogP contribution < -0.4 is 10.8 Å². The third kappa shape index (κ3) is 9.30. The number of nitrogens with one attached hydrogen (secondary N) is 2. The van der Waals surface area contributed by atoms with Crippen molar-refractivity contribution in [3.05, 3.63) is 0 Å². The maximum atomic E-state index is 11.0. The highest BCUT2D eigenvalue weighted by Gasteiger charge is 2.09. The molecule has 0 aliphatic carbocycles. The van der Waals surface area contributed by atoms with E-state index >= 15 is 0 Å². The lowest BCUT2D eigenvalue weighted by molar-refractivity contribution is -0.122. The van der Waals surface area contributed by atoms with Gasteiger partial charge >= 0.3 is 0 Å². The molecule has 0 aromatic rings. The Morgan fingerprint density at radius 1 is 1.38 bits per heavy atom. The minimum absolute atomic E-state index is 0.0486. The summed E-state index contributed by atoms with van der Waals surface area (Å²) >= 11 is 0. The van der Waals surface area contributed by atoms with Gasteiger partial charge < -0.3 is 5.32 Å². The summed E-state index contributed by atoms with van der Waals surface area (Å²) in [5.74, 6) is 0.0486. The number of carbonyl (C=O) groups excluding carboxylic acids is 1. The van der Waals surface area contributed by atoms with E-state index in [4.69, 9.17) is 4.84 Å². The van der Waals surface area contributed by atoms with Gasteiger partial charge in [0.05, 0.1) is 5.60 Å². The summed E-state index contributed by atoms with van der Waals surface area (Å²) < 4.78 is 0. The van der Waals surface area contributed by atoms with E-state index in [-0.39, 0.29) is 11.5 Å². The van der Waals surface area contributed by atoms with Gasteiger partial charge in [-0.15, -0.1) is 0 Å². The Morgan fingerprint density at radius 2 is 2.00 bits per heavy atom. The molecule has 0 saturated carbocycles. The van der Waals surface area contributed by atoms with Crippen LogP contribution in [0.25, 0.3) is 0 Å². The highest BCUT2D eigenvalue weighted by molar-refractivity contribution is 5.75. The average Bonchev–Trinajstić information content (AvgIpc) is 1.97. The van der Waals surface area contributed by atoms with Crippen molar-refractivity contribution in [3.63, 3.8) is 0 Å². The monoisotopic (exact) mass is 188 g/mol. The Kier molecular flexibility index (Phi) is 5.66. The third-order valence-corrected chi connectivity index (χ3v) is 1.21. The molecule has 2 N–H and O–H groups in total. The fourth-order valence-corrected chi connectivity index (χ4v) is 0.718. The molecule has 13 heavy (non-hydrogen) atoms. The number of amides is 1. The van der Waals surface area contributed by atoms with Crippen LogP contribution in [0, 0.1) is 0 Å². The van der Waals surface area contributed by atoms with Gasteiger partial charge in [-0.3, -0.25) is 9.63 Å². The molecule has 0 heterocycles. The summed E-state index contributed by atoms with van der Waals surface area (Å²) in [4.78, 5) is 16.2. The second-order valence-electron chi connectivity index (χ2n) is 3.81. The van der Waals surface area contributed by atoms with Crippen molar-refractivity contribution in [3.8, 4) is 0 Å². The number of hydroxylamine groups is 1. The molecular formula is C9H20N2O2. The lowest BCUT2D eigenvalue weighted by atomic mass is 10.2. The van der Waals surface area contributed by atoms with E-state index in [1.165, 1.54) is 0 Å². The molecule has 1 amide bonds. The van der Waals surface area contributed by atoms with Gasteiger partial charge in [0.15, 0.2) is 0 Å². The highest BCUT2D eigenvalue weighted by atomic mass is 16.7. The third-order valence-electron chi connectivity index (χ3n) is 1.21. The molecule has 0 aromatic heterocycles. The quantitative estimate of drug-likeness (QED) is 0.496. The zero-order valence-corrected chi connectivity index (χ0v) is 8.94. The first-order valence-corrected chi connectivity index (χ1v) is 4.63. The van der Waals surface area contributed by atoms with Crippen LogP contribution in [0.3, 0.4) is 0 Å². The summed E-state index contributed by atoms with van der Waals surface area (Å²) in [6.07, 6.45) is 0.448. The summed E-state index contributed by atoms with van der Waals surface area (Å²) in [6.45, 7) is 8.98. The standard InChI is InChI=1S/C9H20N2O2/c1-5-10-8(12)6-7-11-13-9(2,3)4/h11H,5-7H2,1-4H3,(H,10,12). The molecule has 4 nitrogen and oxygen atoms in total. The van der Waals surface area contributed by atoms with Crippen LogP contribution in [0.5, 0.6) is 0 Å². The van der Waals surface area contributed by atoms with Crippen LogP contribution in [0.15, 0.2) is 0 Å². The molecule has 0 unspecified atom stereocenters. The maximum Gasteiger partial charge on any atom is 0.221 e. The van der Waals surface area contributed by atoms with Crippen molar-refractivity contribution >= 4 is 5.91 Å². The lowest BCUT2D eigenvalue weighted by Crippen LogP contribution is -2.32. The van der Waals surface area contributed by atoms with Crippen molar-refractivity contribution in [2.75, 3.05) is 13.1 Å². The number of carbonyl (C=O) groups is 1. The minimum Gasteiger partial charge on any atom is -0.356 e. The first kappa shape index (κ1) is 12.4. The van der Waals surface area contributed by atoms with Gasteiger partial charge in [0.2, 0.25) is 5.91 Å². The van der Waals surface area contributed by atoms with E-state index in [0.29, 0.717) is 19.5 Å². The predicted molar refractivity (Wildman–Crippen MR) is 52.1 cm³/mol. The second kappa shape index (κ2) is 5.94. The summed E-state index contributed by atoms with van der Waals surface area (Å²) in [5, 5.41) is 2.71. The largest absolute Gasteiger partial charge is 0.356 e. The van der Waals surface area contributed by atoms with E-state index in [0.717, 1.165) is 0 Å². The van der Waals surface area contributed by atoms with E-state index in [1.54, 1.807) is 0 Å². The SMILES string of the molecule is CCNC(=O)CCNOC(C)(C)C. The zero-order chi connectivity index (χ0) is 10.3. The molecule has 0 aliphatic rings. The fourth-order valence-electron chi connectivity index (χ4n) is 0.718. The molecule has 0 atom stereocenters. The molecule has 0 rings (SSSR count). The van der Waals surface area contributed by atoms with Crippen molar-refractivity contribution in [2.24, 2.45) is 0 Å². The highest BCUT2D eigenvalue weighted by Crippen LogP contribution is 2.02. The number of rotatable bonds is 5. The Morgan fingerprint density at radius 3 is 2.46 bits per heavy atom. The van der Waals surface area contributed by atoms with Gasteiger partial charge in [0, 0.05) is 19.5 Å². The molecule has 4 heteroatoms. The van der Waals surface area contributed by atoms with Crippen LogP contribution in [0.2, 0.25) is 0 Å². The molecule has 0 aromatic carbocycles. The van der Waals surface area contributed by atoms with E-state index in [9.17, 15) is 4.79 Å². The molecular weight excluding hydrogens is 168 g/mol. The van der Waals surface area contributed by atoms with Gasteiger partial charge in [-0.2, -0.15) is 0 Å².